The van der Waals surface area contributed by atoms with Gasteiger partial charge in [0, 0.05) is 0 Å². The van der Waals surface area contributed by atoms with Crippen molar-refractivity contribution in [3.8, 4) is 0 Å². The number of rotatable bonds is 3. The van der Waals surface area contributed by atoms with E-state index in [1.54, 1.807) is 6.92 Å². The lowest BCUT2D eigenvalue weighted by Crippen LogP contribution is -2.27. The van der Waals surface area contributed by atoms with Gasteiger partial charge in [0.2, 0.25) is 0 Å². The molecule has 1 N–H and O–H groups in total. The number of hydrogen-bond donors (Lipinski definition) is 1. The van der Waals surface area contributed by atoms with Crippen molar-refractivity contribution in [2.45, 2.75) is 13.0 Å². The molecular formula is C19H15F2NO. The Hall–Kier alpha value is -2.75. The number of halogens is 2. The average molecular weight is 311 g/mol. The van der Waals surface area contributed by atoms with E-state index in [1.165, 1.54) is 0 Å². The monoisotopic (exact) mass is 311 g/mol. The standard InChI is InChI=1S/C19H15F2NO/c1-12(14-7-6-13-4-2-3-5-15(13)10-14)22-19(23)17-11-16(20)8-9-18(17)21/h2-12H,1H3,(H,22,23). The van der Waals surface area contributed by atoms with Gasteiger partial charge in [-0.1, -0.05) is 36.4 Å². The van der Waals surface area contributed by atoms with Gasteiger partial charge in [-0.3, -0.25) is 4.79 Å². The van der Waals surface area contributed by atoms with Crippen LogP contribution in [0.2, 0.25) is 0 Å². The van der Waals surface area contributed by atoms with Crippen LogP contribution in [0.3, 0.4) is 0 Å². The molecule has 1 unspecified atom stereocenters. The molecule has 116 valence electrons. The van der Waals surface area contributed by atoms with E-state index in [4.69, 9.17) is 0 Å². The Labute approximate surface area is 132 Å². The van der Waals surface area contributed by atoms with Gasteiger partial charge in [0.1, 0.15) is 11.6 Å². The minimum absolute atomic E-state index is 0.294. The molecule has 0 radical (unpaired) electrons. The zero-order valence-electron chi connectivity index (χ0n) is 12.5. The molecule has 0 saturated heterocycles. The quantitative estimate of drug-likeness (QED) is 0.752. The molecular weight excluding hydrogens is 296 g/mol. The molecule has 0 bridgehead atoms. The molecule has 3 rings (SSSR count). The van der Waals surface area contributed by atoms with Crippen LogP contribution >= 0.6 is 0 Å². The third-order valence-corrected chi connectivity index (χ3v) is 3.79. The Morgan fingerprint density at radius 3 is 2.48 bits per heavy atom. The van der Waals surface area contributed by atoms with Crippen LogP contribution in [0.15, 0.2) is 60.7 Å². The van der Waals surface area contributed by atoms with Crippen LogP contribution in [0, 0.1) is 11.6 Å². The Morgan fingerprint density at radius 2 is 1.70 bits per heavy atom. The van der Waals surface area contributed by atoms with E-state index in [2.05, 4.69) is 5.32 Å². The van der Waals surface area contributed by atoms with Gasteiger partial charge >= 0.3 is 0 Å². The number of carbonyl (C=O) groups is 1. The van der Waals surface area contributed by atoms with Crippen LogP contribution < -0.4 is 5.32 Å². The van der Waals surface area contributed by atoms with Crippen molar-refractivity contribution in [1.82, 2.24) is 5.32 Å². The first-order valence-electron chi connectivity index (χ1n) is 7.29. The van der Waals surface area contributed by atoms with E-state index in [0.29, 0.717) is 0 Å². The lowest BCUT2D eigenvalue weighted by molar-refractivity contribution is 0.0935. The Bertz CT molecular complexity index is 876. The SMILES string of the molecule is CC(NC(=O)c1cc(F)ccc1F)c1ccc2ccccc2c1. The first kappa shape index (κ1) is 15.2. The predicted molar refractivity (Wildman–Crippen MR) is 86.2 cm³/mol. The Morgan fingerprint density at radius 1 is 0.957 bits per heavy atom. The summed E-state index contributed by atoms with van der Waals surface area (Å²) in [6, 6.07) is 16.3. The summed E-state index contributed by atoms with van der Waals surface area (Å²) in [5, 5.41) is 4.86. The highest BCUT2D eigenvalue weighted by Gasteiger charge is 2.16. The van der Waals surface area contributed by atoms with E-state index in [0.717, 1.165) is 34.5 Å². The number of carbonyl (C=O) groups excluding carboxylic acids is 1. The molecule has 1 atom stereocenters. The Kier molecular flexibility index (Phi) is 4.06. The number of amides is 1. The summed E-state index contributed by atoms with van der Waals surface area (Å²) in [4.78, 5) is 12.1. The van der Waals surface area contributed by atoms with Gasteiger partial charge in [0.25, 0.3) is 5.91 Å². The summed E-state index contributed by atoms with van der Waals surface area (Å²) >= 11 is 0. The topological polar surface area (TPSA) is 29.1 Å². The lowest BCUT2D eigenvalue weighted by Gasteiger charge is -2.15. The summed E-state index contributed by atoms with van der Waals surface area (Å²) < 4.78 is 26.8. The van der Waals surface area contributed by atoms with E-state index in [9.17, 15) is 13.6 Å². The van der Waals surface area contributed by atoms with Gasteiger partial charge < -0.3 is 5.32 Å². The molecule has 0 saturated carbocycles. The van der Waals surface area contributed by atoms with Crippen molar-refractivity contribution in [3.63, 3.8) is 0 Å². The molecule has 3 aromatic carbocycles. The summed E-state index contributed by atoms with van der Waals surface area (Å²) in [6.07, 6.45) is 0. The largest absolute Gasteiger partial charge is 0.345 e. The maximum Gasteiger partial charge on any atom is 0.254 e. The summed E-state index contributed by atoms with van der Waals surface area (Å²) in [5.41, 5.74) is 0.603. The smallest absolute Gasteiger partial charge is 0.254 e. The molecule has 0 fully saturated rings. The highest BCUT2D eigenvalue weighted by molar-refractivity contribution is 5.94. The summed E-state index contributed by atoms with van der Waals surface area (Å²) in [7, 11) is 0. The van der Waals surface area contributed by atoms with Crippen LogP contribution in [0.5, 0.6) is 0 Å². The second-order valence-corrected chi connectivity index (χ2v) is 5.43. The van der Waals surface area contributed by atoms with Gasteiger partial charge in [0.15, 0.2) is 0 Å². The highest BCUT2D eigenvalue weighted by Crippen LogP contribution is 2.21. The van der Waals surface area contributed by atoms with Crippen LogP contribution in [0.1, 0.15) is 28.9 Å². The molecule has 0 aliphatic rings. The van der Waals surface area contributed by atoms with Crippen molar-refractivity contribution >= 4 is 16.7 Å². The molecule has 2 nitrogen and oxygen atoms in total. The van der Waals surface area contributed by atoms with Gasteiger partial charge in [-0.25, -0.2) is 8.78 Å². The van der Waals surface area contributed by atoms with Crippen LogP contribution in [-0.2, 0) is 0 Å². The fourth-order valence-electron chi connectivity index (χ4n) is 2.51. The molecule has 23 heavy (non-hydrogen) atoms. The van der Waals surface area contributed by atoms with Crippen molar-refractivity contribution in [1.29, 1.82) is 0 Å². The van der Waals surface area contributed by atoms with E-state index in [1.807, 2.05) is 42.5 Å². The average Bonchev–Trinajstić information content (AvgIpc) is 2.56. The minimum atomic E-state index is -0.741. The van der Waals surface area contributed by atoms with Gasteiger partial charge in [0.05, 0.1) is 11.6 Å². The van der Waals surface area contributed by atoms with Gasteiger partial charge in [-0.15, -0.1) is 0 Å². The molecule has 0 spiro atoms. The summed E-state index contributed by atoms with van der Waals surface area (Å²) in [6.45, 7) is 1.80. The van der Waals surface area contributed by atoms with Gasteiger partial charge in [-0.05, 0) is 47.5 Å². The molecule has 0 aromatic heterocycles. The van der Waals surface area contributed by atoms with Crippen molar-refractivity contribution in [3.05, 3.63) is 83.4 Å². The first-order valence-corrected chi connectivity index (χ1v) is 7.29. The number of fused-ring (bicyclic) bond motifs is 1. The normalized spacial score (nSPS) is 12.1. The van der Waals surface area contributed by atoms with E-state index >= 15 is 0 Å². The van der Waals surface area contributed by atoms with Crippen LogP contribution in [0.25, 0.3) is 10.8 Å². The van der Waals surface area contributed by atoms with E-state index < -0.39 is 17.5 Å². The second kappa shape index (κ2) is 6.16. The van der Waals surface area contributed by atoms with E-state index in [-0.39, 0.29) is 11.6 Å². The fraction of sp³-hybridized carbons (Fsp3) is 0.105. The molecule has 1 amide bonds. The molecule has 0 heterocycles. The predicted octanol–water partition coefficient (Wildman–Crippen LogP) is 4.61. The first-order chi connectivity index (χ1) is 11.0. The maximum absolute atomic E-state index is 13.7. The lowest BCUT2D eigenvalue weighted by atomic mass is 10.0. The third kappa shape index (κ3) is 3.21. The second-order valence-electron chi connectivity index (χ2n) is 5.43. The molecule has 0 aliphatic carbocycles. The zero-order chi connectivity index (χ0) is 16.4. The highest BCUT2D eigenvalue weighted by atomic mass is 19.1. The molecule has 4 heteroatoms. The maximum atomic E-state index is 13.7. The van der Waals surface area contributed by atoms with Crippen LogP contribution in [0.4, 0.5) is 8.78 Å². The van der Waals surface area contributed by atoms with Crippen molar-refractivity contribution < 1.29 is 13.6 Å². The van der Waals surface area contributed by atoms with Gasteiger partial charge in [-0.2, -0.15) is 0 Å². The minimum Gasteiger partial charge on any atom is -0.345 e. The van der Waals surface area contributed by atoms with Crippen molar-refractivity contribution in [2.75, 3.05) is 0 Å². The number of benzene rings is 3. The number of hydrogen-bond acceptors (Lipinski definition) is 1. The fourth-order valence-corrected chi connectivity index (χ4v) is 2.51. The summed E-state index contributed by atoms with van der Waals surface area (Å²) in [5.74, 6) is -2.02. The van der Waals surface area contributed by atoms with Crippen LogP contribution in [-0.4, -0.2) is 5.91 Å². The zero-order valence-corrected chi connectivity index (χ0v) is 12.5. The number of nitrogens with one attached hydrogen (secondary N) is 1. The molecule has 3 aromatic rings. The Balaban J connectivity index is 1.83. The third-order valence-electron chi connectivity index (χ3n) is 3.79. The van der Waals surface area contributed by atoms with Crippen molar-refractivity contribution in [2.24, 2.45) is 0 Å². The molecule has 0 aliphatic heterocycles.